The fourth-order valence-corrected chi connectivity index (χ4v) is 3.62. The molecule has 0 aromatic carbocycles. The molecule has 0 radical (unpaired) electrons. The van der Waals surface area contributed by atoms with Gasteiger partial charge in [0.05, 0.1) is 12.7 Å². The van der Waals surface area contributed by atoms with Gasteiger partial charge in [0.25, 0.3) is 10.2 Å². The highest BCUT2D eigenvalue weighted by molar-refractivity contribution is 7.87. The predicted octanol–water partition coefficient (Wildman–Crippen LogP) is 0.567. The van der Waals surface area contributed by atoms with E-state index in [2.05, 4.69) is 17.0 Å². The van der Waals surface area contributed by atoms with Gasteiger partial charge in [-0.2, -0.15) is 17.4 Å². The summed E-state index contributed by atoms with van der Waals surface area (Å²) in [6.45, 7) is 9.70. The second-order valence-corrected chi connectivity index (χ2v) is 7.25. The Morgan fingerprint density at radius 2 is 2.15 bits per heavy atom. The van der Waals surface area contributed by atoms with Crippen LogP contribution in [0.5, 0.6) is 0 Å². The topological polar surface area (TPSA) is 70.7 Å². The van der Waals surface area contributed by atoms with Crippen LogP contribution in [-0.2, 0) is 14.9 Å². The van der Waals surface area contributed by atoms with Crippen LogP contribution in [0.1, 0.15) is 33.6 Å². The third-order valence-corrected chi connectivity index (χ3v) is 4.92. The number of nitrogens with one attached hydrogen (secondary N) is 2. The van der Waals surface area contributed by atoms with Gasteiger partial charge in [-0.15, -0.1) is 0 Å². The van der Waals surface area contributed by atoms with Crippen molar-refractivity contribution in [3.63, 3.8) is 0 Å². The predicted molar refractivity (Wildman–Crippen MR) is 80.9 cm³/mol. The molecular formula is C13H29N3O3S. The first kappa shape index (κ1) is 17.8. The molecule has 0 spiro atoms. The summed E-state index contributed by atoms with van der Waals surface area (Å²) in [7, 11) is -3.36. The lowest BCUT2D eigenvalue weighted by molar-refractivity contribution is 0.0830. The zero-order chi connectivity index (χ0) is 15.0. The molecule has 1 aliphatic rings. The Balaban J connectivity index is 2.37. The number of hydrogen-bond donors (Lipinski definition) is 2. The van der Waals surface area contributed by atoms with Crippen molar-refractivity contribution in [1.82, 2.24) is 14.3 Å². The summed E-state index contributed by atoms with van der Waals surface area (Å²) in [5.41, 5.74) is 0. The zero-order valence-corrected chi connectivity index (χ0v) is 13.7. The SMILES string of the molecule is CCNCC1CCCN(S(=O)(=O)NCCOC(C)C)C1. The average molecular weight is 307 g/mol. The molecular weight excluding hydrogens is 278 g/mol. The summed E-state index contributed by atoms with van der Waals surface area (Å²) >= 11 is 0. The van der Waals surface area contributed by atoms with Gasteiger partial charge in [0.15, 0.2) is 0 Å². The third-order valence-electron chi connectivity index (χ3n) is 3.34. The summed E-state index contributed by atoms with van der Waals surface area (Å²) in [4.78, 5) is 0. The first-order chi connectivity index (χ1) is 9.45. The normalized spacial score (nSPS) is 21.5. The van der Waals surface area contributed by atoms with Crippen LogP contribution in [0, 0.1) is 5.92 Å². The molecule has 6 nitrogen and oxygen atoms in total. The molecule has 0 aliphatic carbocycles. The third kappa shape index (κ3) is 6.49. The highest BCUT2D eigenvalue weighted by Crippen LogP contribution is 2.17. The lowest BCUT2D eigenvalue weighted by Gasteiger charge is -2.32. The van der Waals surface area contributed by atoms with E-state index in [1.165, 1.54) is 0 Å². The maximum absolute atomic E-state index is 12.2. The summed E-state index contributed by atoms with van der Waals surface area (Å²) in [6.07, 6.45) is 2.15. The summed E-state index contributed by atoms with van der Waals surface area (Å²) < 4.78 is 33.9. The van der Waals surface area contributed by atoms with Gasteiger partial charge in [0.2, 0.25) is 0 Å². The molecule has 1 fully saturated rings. The van der Waals surface area contributed by atoms with Gasteiger partial charge >= 0.3 is 0 Å². The molecule has 1 saturated heterocycles. The van der Waals surface area contributed by atoms with Gasteiger partial charge in [-0.3, -0.25) is 0 Å². The average Bonchev–Trinajstić information content (AvgIpc) is 2.41. The molecule has 2 N–H and O–H groups in total. The highest BCUT2D eigenvalue weighted by atomic mass is 32.2. The summed E-state index contributed by atoms with van der Waals surface area (Å²) in [5, 5.41) is 3.29. The fourth-order valence-electron chi connectivity index (χ4n) is 2.32. The molecule has 1 aliphatic heterocycles. The first-order valence-electron chi connectivity index (χ1n) is 7.52. The number of hydrogen-bond acceptors (Lipinski definition) is 4. The second kappa shape index (κ2) is 8.94. The van der Waals surface area contributed by atoms with E-state index in [0.29, 0.717) is 32.2 Å². The molecule has 0 bridgehead atoms. The van der Waals surface area contributed by atoms with Crippen LogP contribution in [0.4, 0.5) is 0 Å². The van der Waals surface area contributed by atoms with E-state index in [9.17, 15) is 8.42 Å². The molecule has 0 saturated carbocycles. The molecule has 1 unspecified atom stereocenters. The second-order valence-electron chi connectivity index (χ2n) is 5.49. The molecule has 1 heterocycles. The Hall–Kier alpha value is -0.210. The molecule has 1 rings (SSSR count). The minimum absolute atomic E-state index is 0.124. The van der Waals surface area contributed by atoms with E-state index in [0.717, 1.165) is 25.9 Å². The quantitative estimate of drug-likeness (QED) is 0.611. The molecule has 7 heteroatoms. The minimum atomic E-state index is -3.36. The summed E-state index contributed by atoms with van der Waals surface area (Å²) in [5.74, 6) is 0.409. The van der Waals surface area contributed by atoms with Crippen LogP contribution in [0.15, 0.2) is 0 Å². The van der Waals surface area contributed by atoms with E-state index >= 15 is 0 Å². The number of rotatable bonds is 9. The van der Waals surface area contributed by atoms with Gasteiger partial charge in [-0.25, -0.2) is 0 Å². The van der Waals surface area contributed by atoms with Crippen LogP contribution in [0.2, 0.25) is 0 Å². The smallest absolute Gasteiger partial charge is 0.279 e. The number of ether oxygens (including phenoxy) is 1. The Labute approximate surface area is 123 Å². The van der Waals surface area contributed by atoms with Crippen molar-refractivity contribution in [2.24, 2.45) is 5.92 Å². The van der Waals surface area contributed by atoms with Gasteiger partial charge in [0, 0.05) is 19.6 Å². The van der Waals surface area contributed by atoms with Crippen molar-refractivity contribution in [3.05, 3.63) is 0 Å². The Morgan fingerprint density at radius 1 is 1.40 bits per heavy atom. The Bertz CT molecular complexity index is 360. The lowest BCUT2D eigenvalue weighted by atomic mass is 10.00. The van der Waals surface area contributed by atoms with Gasteiger partial charge in [0.1, 0.15) is 0 Å². The van der Waals surface area contributed by atoms with Gasteiger partial charge in [-0.1, -0.05) is 6.92 Å². The van der Waals surface area contributed by atoms with E-state index < -0.39 is 10.2 Å². The van der Waals surface area contributed by atoms with Crippen LogP contribution in [0.3, 0.4) is 0 Å². The number of nitrogens with zero attached hydrogens (tertiary/aromatic N) is 1. The van der Waals surface area contributed by atoms with Crippen molar-refractivity contribution in [1.29, 1.82) is 0 Å². The zero-order valence-electron chi connectivity index (χ0n) is 12.9. The van der Waals surface area contributed by atoms with Crippen molar-refractivity contribution in [2.75, 3.05) is 39.3 Å². The van der Waals surface area contributed by atoms with Crippen LogP contribution in [-0.4, -0.2) is 58.2 Å². The maximum atomic E-state index is 12.2. The molecule has 1 atom stereocenters. The molecule has 0 aromatic heterocycles. The van der Waals surface area contributed by atoms with E-state index in [1.54, 1.807) is 4.31 Å². The Kier molecular flexibility index (Phi) is 7.98. The largest absolute Gasteiger partial charge is 0.377 e. The molecule has 120 valence electrons. The van der Waals surface area contributed by atoms with E-state index in [-0.39, 0.29) is 6.10 Å². The van der Waals surface area contributed by atoms with Crippen LogP contribution >= 0.6 is 0 Å². The van der Waals surface area contributed by atoms with Gasteiger partial charge in [-0.05, 0) is 45.7 Å². The van der Waals surface area contributed by atoms with E-state index in [1.807, 2.05) is 13.8 Å². The fraction of sp³-hybridized carbons (Fsp3) is 1.00. The highest BCUT2D eigenvalue weighted by Gasteiger charge is 2.28. The maximum Gasteiger partial charge on any atom is 0.279 e. The van der Waals surface area contributed by atoms with Crippen LogP contribution < -0.4 is 10.0 Å². The molecule has 20 heavy (non-hydrogen) atoms. The van der Waals surface area contributed by atoms with Crippen LogP contribution in [0.25, 0.3) is 0 Å². The van der Waals surface area contributed by atoms with Crippen molar-refractivity contribution in [2.45, 2.75) is 39.7 Å². The van der Waals surface area contributed by atoms with Crippen molar-refractivity contribution in [3.8, 4) is 0 Å². The minimum Gasteiger partial charge on any atom is -0.377 e. The molecule has 0 aromatic rings. The van der Waals surface area contributed by atoms with Crippen molar-refractivity contribution < 1.29 is 13.2 Å². The van der Waals surface area contributed by atoms with Crippen molar-refractivity contribution >= 4 is 10.2 Å². The Morgan fingerprint density at radius 3 is 2.80 bits per heavy atom. The van der Waals surface area contributed by atoms with Gasteiger partial charge < -0.3 is 10.1 Å². The van der Waals surface area contributed by atoms with E-state index in [4.69, 9.17) is 4.74 Å². The first-order valence-corrected chi connectivity index (χ1v) is 8.96. The monoisotopic (exact) mass is 307 g/mol. The lowest BCUT2D eigenvalue weighted by Crippen LogP contribution is -2.48. The number of piperidine rings is 1. The standard InChI is InChI=1S/C13H29N3O3S/c1-4-14-10-13-6-5-8-16(11-13)20(17,18)15-7-9-19-12(2)3/h12-15H,4-11H2,1-3H3. The molecule has 0 amide bonds. The summed E-state index contributed by atoms with van der Waals surface area (Å²) in [6, 6.07) is 0.